The number of halogens is 1. The highest BCUT2D eigenvalue weighted by Gasteiger charge is 2.20. The second-order valence-electron chi connectivity index (χ2n) is 4.56. The average Bonchev–Trinajstić information content (AvgIpc) is 2.32. The molecule has 0 aromatic heterocycles. The first-order valence-electron chi connectivity index (χ1n) is 5.95. The zero-order chi connectivity index (χ0) is 14.9. The van der Waals surface area contributed by atoms with E-state index in [1.807, 2.05) is 0 Å². The van der Waals surface area contributed by atoms with Gasteiger partial charge in [0.15, 0.2) is 0 Å². The maximum Gasteiger partial charge on any atom is 0.264 e. The van der Waals surface area contributed by atoms with Crippen LogP contribution in [0.5, 0.6) is 0 Å². The van der Waals surface area contributed by atoms with E-state index in [0.717, 1.165) is 0 Å². The Morgan fingerprint density at radius 1 is 1.10 bits per heavy atom. The Morgan fingerprint density at radius 2 is 1.80 bits per heavy atom. The lowest BCUT2D eigenvalue weighted by Gasteiger charge is -2.14. The van der Waals surface area contributed by atoms with E-state index in [0.29, 0.717) is 16.8 Å². The lowest BCUT2D eigenvalue weighted by Crippen LogP contribution is -2.16. The van der Waals surface area contributed by atoms with Crippen LogP contribution in [-0.4, -0.2) is 8.42 Å². The molecule has 0 amide bonds. The van der Waals surface area contributed by atoms with Gasteiger partial charge in [0, 0.05) is 0 Å². The molecule has 0 radical (unpaired) electrons. The van der Waals surface area contributed by atoms with Crippen LogP contribution < -0.4 is 10.5 Å². The zero-order valence-corrected chi connectivity index (χ0v) is 12.0. The second kappa shape index (κ2) is 5.13. The van der Waals surface area contributed by atoms with E-state index >= 15 is 0 Å². The third kappa shape index (κ3) is 2.75. The van der Waals surface area contributed by atoms with Gasteiger partial charge in [-0.15, -0.1) is 0 Å². The van der Waals surface area contributed by atoms with Gasteiger partial charge in [-0.25, -0.2) is 12.8 Å². The largest absolute Gasteiger partial charge is 0.398 e. The summed E-state index contributed by atoms with van der Waals surface area (Å²) in [5, 5.41) is 0. The third-order valence-electron chi connectivity index (χ3n) is 2.94. The lowest BCUT2D eigenvalue weighted by molar-refractivity contribution is 0.600. The predicted molar refractivity (Wildman–Crippen MR) is 77.5 cm³/mol. The molecule has 0 saturated carbocycles. The molecule has 2 aromatic carbocycles. The molecule has 0 unspecified atom stereocenters. The average molecular weight is 294 g/mol. The summed E-state index contributed by atoms with van der Waals surface area (Å²) < 4.78 is 40.3. The minimum absolute atomic E-state index is 0.0451. The van der Waals surface area contributed by atoms with Gasteiger partial charge in [-0.3, -0.25) is 4.72 Å². The summed E-state index contributed by atoms with van der Waals surface area (Å²) in [7, 11) is -3.81. The maximum absolute atomic E-state index is 13.0. The molecule has 2 rings (SSSR count). The molecule has 20 heavy (non-hydrogen) atoms. The summed E-state index contributed by atoms with van der Waals surface area (Å²) in [6.07, 6.45) is 0. The molecule has 106 valence electrons. The quantitative estimate of drug-likeness (QED) is 0.855. The van der Waals surface area contributed by atoms with Crippen molar-refractivity contribution in [3.05, 3.63) is 53.3 Å². The topological polar surface area (TPSA) is 72.2 Å². The van der Waals surface area contributed by atoms with E-state index in [-0.39, 0.29) is 10.6 Å². The van der Waals surface area contributed by atoms with Crippen molar-refractivity contribution < 1.29 is 12.8 Å². The molecule has 0 aliphatic carbocycles. The smallest absolute Gasteiger partial charge is 0.264 e. The summed E-state index contributed by atoms with van der Waals surface area (Å²) >= 11 is 0. The monoisotopic (exact) mass is 294 g/mol. The van der Waals surface area contributed by atoms with E-state index < -0.39 is 15.8 Å². The van der Waals surface area contributed by atoms with E-state index in [1.54, 1.807) is 26.0 Å². The summed E-state index contributed by atoms with van der Waals surface area (Å²) in [4.78, 5) is 0.0451. The van der Waals surface area contributed by atoms with E-state index in [9.17, 15) is 12.8 Å². The van der Waals surface area contributed by atoms with Gasteiger partial charge in [-0.1, -0.05) is 12.1 Å². The van der Waals surface area contributed by atoms with Crippen LogP contribution in [0.15, 0.2) is 41.3 Å². The Hall–Kier alpha value is -2.08. The number of sulfonamides is 1. The second-order valence-corrected chi connectivity index (χ2v) is 6.18. The molecule has 3 N–H and O–H groups in total. The van der Waals surface area contributed by atoms with Gasteiger partial charge >= 0.3 is 0 Å². The Bertz CT molecular complexity index is 738. The first-order chi connectivity index (χ1) is 9.31. The summed E-state index contributed by atoms with van der Waals surface area (Å²) in [5.74, 6) is -0.416. The number of hydrogen-bond acceptors (Lipinski definition) is 3. The Labute approximate surface area is 117 Å². The van der Waals surface area contributed by atoms with Crippen molar-refractivity contribution in [3.63, 3.8) is 0 Å². The highest BCUT2D eigenvalue weighted by molar-refractivity contribution is 7.93. The molecular formula is C14H15FN2O2S. The van der Waals surface area contributed by atoms with Gasteiger partial charge < -0.3 is 5.73 Å². The summed E-state index contributed by atoms with van der Waals surface area (Å²) in [6, 6.07) is 8.73. The van der Waals surface area contributed by atoms with Gasteiger partial charge in [0.05, 0.1) is 11.4 Å². The summed E-state index contributed by atoms with van der Waals surface area (Å²) in [6.45, 7) is 3.30. The van der Waals surface area contributed by atoms with Crippen LogP contribution in [0.1, 0.15) is 11.1 Å². The number of nitrogens with one attached hydrogen (secondary N) is 1. The molecule has 0 fully saturated rings. The van der Waals surface area contributed by atoms with E-state index in [2.05, 4.69) is 4.72 Å². The minimum atomic E-state index is -3.81. The molecular weight excluding hydrogens is 279 g/mol. The van der Waals surface area contributed by atoms with Crippen molar-refractivity contribution in [1.29, 1.82) is 0 Å². The zero-order valence-electron chi connectivity index (χ0n) is 11.1. The van der Waals surface area contributed by atoms with Crippen LogP contribution >= 0.6 is 0 Å². The highest BCUT2D eigenvalue weighted by atomic mass is 32.2. The van der Waals surface area contributed by atoms with Gasteiger partial charge in [0.1, 0.15) is 10.7 Å². The Morgan fingerprint density at radius 3 is 2.40 bits per heavy atom. The number of nitrogen functional groups attached to an aromatic ring is 1. The number of aryl methyl sites for hydroxylation is 2. The van der Waals surface area contributed by atoms with Crippen molar-refractivity contribution in [3.8, 4) is 0 Å². The standard InChI is InChI=1S/C14H15FN2O2S/c1-9-4-3-5-12(16)14(9)20(18,19)17-13-7-6-11(15)8-10(13)2/h3-8,17H,16H2,1-2H3. The van der Waals surface area contributed by atoms with Gasteiger partial charge in [-0.2, -0.15) is 0 Å². The highest BCUT2D eigenvalue weighted by Crippen LogP contribution is 2.26. The number of benzene rings is 2. The minimum Gasteiger partial charge on any atom is -0.398 e. The van der Waals surface area contributed by atoms with Crippen LogP contribution in [0.3, 0.4) is 0 Å². The fourth-order valence-electron chi connectivity index (χ4n) is 1.98. The predicted octanol–water partition coefficient (Wildman–Crippen LogP) is 2.83. The first kappa shape index (κ1) is 14.3. The van der Waals surface area contributed by atoms with Crippen LogP contribution in [0.4, 0.5) is 15.8 Å². The Balaban J connectivity index is 2.46. The van der Waals surface area contributed by atoms with Crippen LogP contribution in [0.25, 0.3) is 0 Å². The molecule has 0 spiro atoms. The Kier molecular flexibility index (Phi) is 3.67. The molecule has 0 bridgehead atoms. The van der Waals surface area contributed by atoms with Gasteiger partial charge in [0.25, 0.3) is 10.0 Å². The van der Waals surface area contributed by atoms with Crippen LogP contribution in [-0.2, 0) is 10.0 Å². The van der Waals surface area contributed by atoms with Gasteiger partial charge in [-0.05, 0) is 49.2 Å². The van der Waals surface area contributed by atoms with Crippen molar-refractivity contribution in [1.82, 2.24) is 0 Å². The summed E-state index contributed by atoms with van der Waals surface area (Å²) in [5.41, 5.74) is 7.30. The molecule has 2 aromatic rings. The fourth-order valence-corrected chi connectivity index (χ4v) is 3.47. The van der Waals surface area contributed by atoms with Crippen molar-refractivity contribution in [2.24, 2.45) is 0 Å². The number of anilines is 2. The van der Waals surface area contributed by atoms with Crippen molar-refractivity contribution in [2.45, 2.75) is 18.7 Å². The van der Waals surface area contributed by atoms with Crippen LogP contribution in [0, 0.1) is 19.7 Å². The van der Waals surface area contributed by atoms with E-state index in [1.165, 1.54) is 24.3 Å². The molecule has 0 aliphatic rings. The third-order valence-corrected chi connectivity index (χ3v) is 4.53. The molecule has 4 nitrogen and oxygen atoms in total. The molecule has 0 saturated heterocycles. The number of rotatable bonds is 3. The number of hydrogen-bond donors (Lipinski definition) is 2. The fraction of sp³-hybridized carbons (Fsp3) is 0.143. The van der Waals surface area contributed by atoms with Crippen LogP contribution in [0.2, 0.25) is 0 Å². The van der Waals surface area contributed by atoms with E-state index in [4.69, 9.17) is 5.73 Å². The van der Waals surface area contributed by atoms with Gasteiger partial charge in [0.2, 0.25) is 0 Å². The molecule has 0 heterocycles. The molecule has 0 atom stereocenters. The lowest BCUT2D eigenvalue weighted by atomic mass is 10.2. The SMILES string of the molecule is Cc1cc(F)ccc1NS(=O)(=O)c1c(C)cccc1N. The number of nitrogens with two attached hydrogens (primary N) is 1. The molecule has 0 aliphatic heterocycles. The molecule has 6 heteroatoms. The van der Waals surface area contributed by atoms with Crippen molar-refractivity contribution >= 4 is 21.4 Å². The normalized spacial score (nSPS) is 11.3. The first-order valence-corrected chi connectivity index (χ1v) is 7.43. The maximum atomic E-state index is 13.0. The van der Waals surface area contributed by atoms with Crippen molar-refractivity contribution in [2.75, 3.05) is 10.5 Å².